The van der Waals surface area contributed by atoms with Crippen molar-refractivity contribution in [1.82, 2.24) is 9.71 Å². The fourth-order valence-corrected chi connectivity index (χ4v) is 3.53. The Balaban J connectivity index is 2.19. The van der Waals surface area contributed by atoms with E-state index in [2.05, 4.69) is 9.71 Å². The minimum atomic E-state index is -3.72. The summed E-state index contributed by atoms with van der Waals surface area (Å²) in [5.41, 5.74) is 5.55. The zero-order valence-corrected chi connectivity index (χ0v) is 10.7. The van der Waals surface area contributed by atoms with Gasteiger partial charge in [-0.3, -0.25) is 0 Å². The lowest BCUT2D eigenvalue weighted by molar-refractivity contribution is 0.101. The van der Waals surface area contributed by atoms with Gasteiger partial charge in [-0.15, -0.1) is 0 Å². The van der Waals surface area contributed by atoms with Gasteiger partial charge in [-0.1, -0.05) is 12.8 Å². The maximum absolute atomic E-state index is 12.1. The third-order valence-electron chi connectivity index (χ3n) is 3.13. The van der Waals surface area contributed by atoms with Crippen LogP contribution in [-0.4, -0.2) is 30.7 Å². The minimum Gasteiger partial charge on any atom is -0.391 e. The number of hydrogen-bond donors (Lipinski definition) is 3. The summed E-state index contributed by atoms with van der Waals surface area (Å²) in [6, 6.07) is 2.48. The third-order valence-corrected chi connectivity index (χ3v) is 4.66. The molecule has 100 valence electrons. The molecule has 0 amide bonds. The molecule has 1 aliphatic rings. The van der Waals surface area contributed by atoms with Crippen LogP contribution in [0.2, 0.25) is 0 Å². The zero-order valence-electron chi connectivity index (χ0n) is 9.91. The van der Waals surface area contributed by atoms with Crippen molar-refractivity contribution in [3.05, 3.63) is 18.3 Å². The lowest BCUT2D eigenvalue weighted by atomic mass is 9.93. The van der Waals surface area contributed by atoms with Crippen molar-refractivity contribution in [3.8, 4) is 0 Å². The first-order valence-electron chi connectivity index (χ1n) is 5.91. The predicted molar refractivity (Wildman–Crippen MR) is 67.2 cm³/mol. The summed E-state index contributed by atoms with van der Waals surface area (Å²) >= 11 is 0. The van der Waals surface area contributed by atoms with Gasteiger partial charge in [0.1, 0.15) is 10.7 Å². The van der Waals surface area contributed by atoms with E-state index in [0.29, 0.717) is 12.8 Å². The van der Waals surface area contributed by atoms with Crippen molar-refractivity contribution >= 4 is 15.8 Å². The number of nitrogens with one attached hydrogen (secondary N) is 1. The first kappa shape index (κ1) is 13.3. The van der Waals surface area contributed by atoms with E-state index in [0.717, 1.165) is 12.8 Å². The minimum absolute atomic E-state index is 0.0321. The van der Waals surface area contributed by atoms with Gasteiger partial charge in [0.2, 0.25) is 10.0 Å². The van der Waals surface area contributed by atoms with E-state index in [1.54, 1.807) is 0 Å². The summed E-state index contributed by atoms with van der Waals surface area (Å²) in [4.78, 5) is 3.71. The predicted octanol–water partition coefficient (Wildman–Crippen LogP) is 0.246. The number of pyridine rings is 1. The monoisotopic (exact) mass is 271 g/mol. The average Bonchev–Trinajstić information content (AvgIpc) is 2.32. The maximum Gasteiger partial charge on any atom is 0.244 e. The first-order chi connectivity index (χ1) is 8.50. The molecule has 2 atom stereocenters. The summed E-state index contributed by atoms with van der Waals surface area (Å²) in [5.74, 6) is -0.0321. The van der Waals surface area contributed by atoms with Crippen LogP contribution in [0.3, 0.4) is 0 Å². The molecule has 1 aromatic rings. The van der Waals surface area contributed by atoms with Crippen LogP contribution in [0.4, 0.5) is 5.82 Å². The highest BCUT2D eigenvalue weighted by molar-refractivity contribution is 7.89. The molecule has 1 aliphatic carbocycles. The largest absolute Gasteiger partial charge is 0.391 e. The van der Waals surface area contributed by atoms with Gasteiger partial charge in [-0.25, -0.2) is 18.1 Å². The standard InChI is InChI=1S/C11H17N3O3S/c12-11-10(6-3-7-13-11)18(16,17)14-8-4-1-2-5-9(8)15/h3,6-9,14-15H,1-2,4-5H2,(H2,12,13). The van der Waals surface area contributed by atoms with Crippen molar-refractivity contribution in [1.29, 1.82) is 0 Å². The molecule has 18 heavy (non-hydrogen) atoms. The van der Waals surface area contributed by atoms with Crippen molar-refractivity contribution in [2.24, 2.45) is 0 Å². The molecule has 0 radical (unpaired) electrons. The van der Waals surface area contributed by atoms with Gasteiger partial charge in [-0.2, -0.15) is 0 Å². The van der Waals surface area contributed by atoms with E-state index in [1.165, 1.54) is 18.3 Å². The second-order valence-electron chi connectivity index (χ2n) is 4.47. The number of aliphatic hydroxyl groups excluding tert-OH is 1. The molecule has 0 bridgehead atoms. The molecule has 6 nitrogen and oxygen atoms in total. The van der Waals surface area contributed by atoms with Crippen LogP contribution in [0.25, 0.3) is 0 Å². The second kappa shape index (κ2) is 5.21. The van der Waals surface area contributed by atoms with Crippen LogP contribution >= 0.6 is 0 Å². The number of aliphatic hydroxyl groups is 1. The highest BCUT2D eigenvalue weighted by Gasteiger charge is 2.29. The number of nitrogens with two attached hydrogens (primary N) is 1. The lowest BCUT2D eigenvalue weighted by Crippen LogP contribution is -2.45. The van der Waals surface area contributed by atoms with Gasteiger partial charge in [0.15, 0.2) is 0 Å². The van der Waals surface area contributed by atoms with Crippen LogP contribution in [0.5, 0.6) is 0 Å². The molecule has 4 N–H and O–H groups in total. The number of sulfonamides is 1. The van der Waals surface area contributed by atoms with E-state index in [-0.39, 0.29) is 10.7 Å². The smallest absolute Gasteiger partial charge is 0.244 e. The lowest BCUT2D eigenvalue weighted by Gasteiger charge is -2.28. The number of nitrogens with zero attached hydrogens (tertiary/aromatic N) is 1. The molecule has 1 saturated carbocycles. The average molecular weight is 271 g/mol. The molecular formula is C11H17N3O3S. The van der Waals surface area contributed by atoms with Crippen LogP contribution in [-0.2, 0) is 10.0 Å². The van der Waals surface area contributed by atoms with Crippen molar-refractivity contribution in [2.45, 2.75) is 42.7 Å². The number of anilines is 1. The Morgan fingerprint density at radius 1 is 1.39 bits per heavy atom. The van der Waals surface area contributed by atoms with Crippen molar-refractivity contribution < 1.29 is 13.5 Å². The highest BCUT2D eigenvalue weighted by Crippen LogP contribution is 2.21. The van der Waals surface area contributed by atoms with E-state index in [9.17, 15) is 13.5 Å². The van der Waals surface area contributed by atoms with Gasteiger partial charge in [0, 0.05) is 12.2 Å². The summed E-state index contributed by atoms with van der Waals surface area (Å²) < 4.78 is 26.8. The molecule has 0 aromatic carbocycles. The van der Waals surface area contributed by atoms with E-state index in [1.807, 2.05) is 0 Å². The van der Waals surface area contributed by atoms with Crippen molar-refractivity contribution in [2.75, 3.05) is 5.73 Å². The third kappa shape index (κ3) is 2.80. The number of nitrogen functional groups attached to an aromatic ring is 1. The molecule has 1 aromatic heterocycles. The van der Waals surface area contributed by atoms with E-state index in [4.69, 9.17) is 5.73 Å². The molecule has 1 fully saturated rings. The fraction of sp³-hybridized carbons (Fsp3) is 0.545. The Labute approximate surface area is 106 Å². The van der Waals surface area contributed by atoms with Crippen LogP contribution in [0.1, 0.15) is 25.7 Å². The summed E-state index contributed by atoms with van der Waals surface area (Å²) in [7, 11) is -3.72. The van der Waals surface area contributed by atoms with Crippen LogP contribution < -0.4 is 10.5 Å². The number of rotatable bonds is 3. The second-order valence-corrected chi connectivity index (χ2v) is 6.15. The number of aromatic nitrogens is 1. The van der Waals surface area contributed by atoms with E-state index < -0.39 is 22.2 Å². The Morgan fingerprint density at radius 3 is 2.78 bits per heavy atom. The number of hydrogen-bond acceptors (Lipinski definition) is 5. The Morgan fingerprint density at radius 2 is 2.11 bits per heavy atom. The Hall–Kier alpha value is -1.18. The molecule has 7 heteroatoms. The highest BCUT2D eigenvalue weighted by atomic mass is 32.2. The SMILES string of the molecule is Nc1ncccc1S(=O)(=O)NC1CCCCC1O. The zero-order chi connectivity index (χ0) is 13.2. The van der Waals surface area contributed by atoms with E-state index >= 15 is 0 Å². The molecule has 0 saturated heterocycles. The van der Waals surface area contributed by atoms with Gasteiger partial charge in [0.25, 0.3) is 0 Å². The fourth-order valence-electron chi connectivity index (χ4n) is 2.14. The molecule has 0 aliphatic heterocycles. The van der Waals surface area contributed by atoms with Gasteiger partial charge in [-0.05, 0) is 25.0 Å². The molecule has 2 unspecified atom stereocenters. The molecular weight excluding hydrogens is 254 g/mol. The Kier molecular flexibility index (Phi) is 3.84. The molecule has 2 rings (SSSR count). The summed E-state index contributed by atoms with van der Waals surface area (Å²) in [5, 5.41) is 9.77. The van der Waals surface area contributed by atoms with Gasteiger partial charge >= 0.3 is 0 Å². The van der Waals surface area contributed by atoms with Gasteiger partial charge in [0.05, 0.1) is 6.10 Å². The van der Waals surface area contributed by atoms with Gasteiger partial charge < -0.3 is 10.8 Å². The van der Waals surface area contributed by atoms with Crippen LogP contribution in [0.15, 0.2) is 23.2 Å². The summed E-state index contributed by atoms with van der Waals surface area (Å²) in [6.07, 6.45) is 3.90. The topological polar surface area (TPSA) is 105 Å². The summed E-state index contributed by atoms with van der Waals surface area (Å²) in [6.45, 7) is 0. The molecule has 1 heterocycles. The molecule has 0 spiro atoms. The quantitative estimate of drug-likeness (QED) is 0.730. The van der Waals surface area contributed by atoms with Crippen LogP contribution in [0, 0.1) is 0 Å². The Bertz CT molecular complexity index is 518. The normalized spacial score (nSPS) is 24.9. The van der Waals surface area contributed by atoms with Crippen molar-refractivity contribution in [3.63, 3.8) is 0 Å². The first-order valence-corrected chi connectivity index (χ1v) is 7.40. The maximum atomic E-state index is 12.1.